The van der Waals surface area contributed by atoms with Crippen molar-refractivity contribution < 1.29 is 28.7 Å². The van der Waals surface area contributed by atoms with Crippen molar-refractivity contribution in [3.05, 3.63) is 34.9 Å². The van der Waals surface area contributed by atoms with E-state index in [1.54, 1.807) is 20.8 Å². The molecule has 0 aromatic heterocycles. The highest BCUT2D eigenvalue weighted by atomic mass is 16.6. The smallest absolute Gasteiger partial charge is 0.408 e. The number of hydrogen-bond donors (Lipinski definition) is 2. The number of aryl methyl sites for hydroxylation is 2. The van der Waals surface area contributed by atoms with Crippen molar-refractivity contribution in [2.45, 2.75) is 85.9 Å². The second kappa shape index (κ2) is 13.8. The van der Waals surface area contributed by atoms with Crippen molar-refractivity contribution in [1.29, 1.82) is 0 Å². The molecule has 0 saturated carbocycles. The van der Waals surface area contributed by atoms with Crippen LogP contribution in [0.5, 0.6) is 0 Å². The molecule has 0 bridgehead atoms. The first-order valence-corrected chi connectivity index (χ1v) is 12.4. The molecule has 0 aliphatic carbocycles. The first-order valence-electron chi connectivity index (χ1n) is 12.4. The third-order valence-electron chi connectivity index (χ3n) is 5.68. The van der Waals surface area contributed by atoms with Gasteiger partial charge in [-0.25, -0.2) is 4.79 Å². The fourth-order valence-electron chi connectivity index (χ4n) is 3.56. The van der Waals surface area contributed by atoms with Gasteiger partial charge in [0, 0.05) is 6.54 Å². The largest absolute Gasteiger partial charge is 0.468 e. The van der Waals surface area contributed by atoms with E-state index in [1.165, 1.54) is 12.0 Å². The molecule has 0 aliphatic heterocycles. The van der Waals surface area contributed by atoms with Crippen molar-refractivity contribution >= 4 is 23.9 Å². The van der Waals surface area contributed by atoms with Gasteiger partial charge in [0.05, 0.1) is 7.11 Å². The molecule has 0 spiro atoms. The molecule has 36 heavy (non-hydrogen) atoms. The van der Waals surface area contributed by atoms with Gasteiger partial charge in [0.2, 0.25) is 11.8 Å². The predicted molar refractivity (Wildman–Crippen MR) is 138 cm³/mol. The summed E-state index contributed by atoms with van der Waals surface area (Å²) in [5.74, 6) is -1.78. The number of esters is 1. The molecule has 2 unspecified atom stereocenters. The van der Waals surface area contributed by atoms with E-state index in [2.05, 4.69) is 15.4 Å². The minimum atomic E-state index is -1.00. The van der Waals surface area contributed by atoms with Crippen LogP contribution in [-0.2, 0) is 23.9 Å². The zero-order valence-corrected chi connectivity index (χ0v) is 23.2. The van der Waals surface area contributed by atoms with Crippen LogP contribution in [-0.4, -0.2) is 60.6 Å². The molecule has 0 heterocycles. The Bertz CT molecular complexity index is 923. The number of rotatable bonds is 11. The molecular weight excluding hydrogens is 462 g/mol. The molecule has 0 aliphatic rings. The highest BCUT2D eigenvalue weighted by Gasteiger charge is 2.37. The topological polar surface area (TPSA) is 114 Å². The summed E-state index contributed by atoms with van der Waals surface area (Å²) in [5.41, 5.74) is 1.90. The Morgan fingerprint density at radius 2 is 1.69 bits per heavy atom. The summed E-state index contributed by atoms with van der Waals surface area (Å²) in [7, 11) is 1.24. The fourth-order valence-corrected chi connectivity index (χ4v) is 3.56. The van der Waals surface area contributed by atoms with Crippen LogP contribution in [0.25, 0.3) is 0 Å². The lowest BCUT2D eigenvalue weighted by molar-refractivity contribution is -0.145. The molecule has 1 aromatic carbocycles. The molecule has 2 atom stereocenters. The molecule has 2 N–H and O–H groups in total. The average molecular weight is 506 g/mol. The van der Waals surface area contributed by atoms with Gasteiger partial charge in [0.15, 0.2) is 0 Å². The van der Waals surface area contributed by atoms with Crippen molar-refractivity contribution in [3.8, 4) is 0 Å². The molecule has 0 fully saturated rings. The number of carbonyl (C=O) groups excluding carboxylic acids is 4. The molecule has 0 saturated heterocycles. The van der Waals surface area contributed by atoms with Gasteiger partial charge in [-0.05, 0) is 63.6 Å². The number of hydrogen-bond acceptors (Lipinski definition) is 6. The average Bonchev–Trinajstić information content (AvgIpc) is 2.78. The standard InChI is InChI=1S/C27H43N3O6/c1-10-11-14-30(25(33)22(17(2)3)29-26(34)36-27(6,7)8)23(24(32)28-16-21(31)35-9)20-13-12-18(4)19(5)15-20/h12-13,15,17,22-23H,10-11,14,16H2,1-9H3,(H,28,32)(H,29,34). The Morgan fingerprint density at radius 3 is 2.19 bits per heavy atom. The monoisotopic (exact) mass is 505 g/mol. The number of amides is 3. The van der Waals surface area contributed by atoms with E-state index in [9.17, 15) is 19.2 Å². The van der Waals surface area contributed by atoms with Crippen molar-refractivity contribution in [2.24, 2.45) is 5.92 Å². The van der Waals surface area contributed by atoms with E-state index in [0.29, 0.717) is 12.0 Å². The fraction of sp³-hybridized carbons (Fsp3) is 0.630. The van der Waals surface area contributed by atoms with Crippen LogP contribution in [0.2, 0.25) is 0 Å². The number of carbonyl (C=O) groups is 4. The zero-order valence-electron chi connectivity index (χ0n) is 23.2. The first kappa shape index (κ1) is 30.9. The lowest BCUT2D eigenvalue weighted by Gasteiger charge is -2.35. The Kier molecular flexibility index (Phi) is 11.9. The van der Waals surface area contributed by atoms with Gasteiger partial charge < -0.3 is 25.0 Å². The molecule has 1 rings (SSSR count). The van der Waals surface area contributed by atoms with Crippen molar-refractivity contribution in [3.63, 3.8) is 0 Å². The third-order valence-corrected chi connectivity index (χ3v) is 5.68. The van der Waals surface area contributed by atoms with Crippen LogP contribution in [0.1, 0.15) is 77.1 Å². The number of methoxy groups -OCH3 is 1. The number of ether oxygens (including phenoxy) is 2. The molecule has 9 nitrogen and oxygen atoms in total. The van der Waals surface area contributed by atoms with Gasteiger partial charge >= 0.3 is 12.1 Å². The van der Waals surface area contributed by atoms with Crippen molar-refractivity contribution in [2.75, 3.05) is 20.2 Å². The summed E-state index contributed by atoms with van der Waals surface area (Å²) in [5, 5.41) is 5.29. The highest BCUT2D eigenvalue weighted by Crippen LogP contribution is 2.26. The number of nitrogens with zero attached hydrogens (tertiary/aromatic N) is 1. The molecule has 202 valence electrons. The van der Waals surface area contributed by atoms with E-state index in [0.717, 1.165) is 17.5 Å². The molecule has 0 radical (unpaired) electrons. The second-order valence-corrected chi connectivity index (χ2v) is 10.3. The number of benzene rings is 1. The molecule has 1 aromatic rings. The lowest BCUT2D eigenvalue weighted by Crippen LogP contribution is -2.55. The van der Waals surface area contributed by atoms with Gasteiger partial charge in [-0.2, -0.15) is 0 Å². The van der Waals surface area contributed by atoms with Crippen LogP contribution >= 0.6 is 0 Å². The van der Waals surface area contributed by atoms with Gasteiger partial charge in [-0.3, -0.25) is 14.4 Å². The lowest BCUT2D eigenvalue weighted by atomic mass is 9.96. The van der Waals surface area contributed by atoms with E-state index in [4.69, 9.17) is 4.74 Å². The third kappa shape index (κ3) is 9.51. The molecule has 9 heteroatoms. The van der Waals surface area contributed by atoms with Crippen molar-refractivity contribution in [1.82, 2.24) is 15.5 Å². The highest BCUT2D eigenvalue weighted by molar-refractivity contribution is 5.93. The minimum Gasteiger partial charge on any atom is -0.468 e. The van der Waals surface area contributed by atoms with Crippen LogP contribution in [0.4, 0.5) is 4.79 Å². The van der Waals surface area contributed by atoms with Gasteiger partial charge in [-0.15, -0.1) is 0 Å². The maximum absolute atomic E-state index is 13.9. The van der Waals surface area contributed by atoms with E-state index < -0.39 is 41.6 Å². The van der Waals surface area contributed by atoms with Crippen LogP contribution in [0.3, 0.4) is 0 Å². The summed E-state index contributed by atoms with van der Waals surface area (Å²) in [6, 6.07) is 3.65. The molecular formula is C27H43N3O6. The summed E-state index contributed by atoms with van der Waals surface area (Å²) in [4.78, 5) is 53.1. The van der Waals surface area contributed by atoms with Gasteiger partial charge in [-0.1, -0.05) is 45.4 Å². The maximum Gasteiger partial charge on any atom is 0.408 e. The number of alkyl carbamates (subject to hydrolysis) is 1. The van der Waals surface area contributed by atoms with E-state index >= 15 is 0 Å². The summed E-state index contributed by atoms with van der Waals surface area (Å²) in [6.45, 7) is 14.7. The Morgan fingerprint density at radius 1 is 1.06 bits per heavy atom. The summed E-state index contributed by atoms with van der Waals surface area (Å²) >= 11 is 0. The Labute approximate surface area is 215 Å². The summed E-state index contributed by atoms with van der Waals surface area (Å²) in [6.07, 6.45) is 0.732. The van der Waals surface area contributed by atoms with Gasteiger partial charge in [0.25, 0.3) is 0 Å². The second-order valence-electron chi connectivity index (χ2n) is 10.3. The SMILES string of the molecule is CCCCN(C(=O)C(NC(=O)OC(C)(C)C)C(C)C)C(C(=O)NCC(=O)OC)c1ccc(C)c(C)c1. The van der Waals surface area contributed by atoms with E-state index in [1.807, 2.05) is 52.8 Å². The van der Waals surface area contributed by atoms with Crippen LogP contribution < -0.4 is 10.6 Å². The van der Waals surface area contributed by atoms with Crippen LogP contribution in [0.15, 0.2) is 18.2 Å². The number of unbranched alkanes of at least 4 members (excludes halogenated alkanes) is 1. The Balaban J connectivity index is 3.48. The quantitative estimate of drug-likeness (QED) is 0.442. The maximum atomic E-state index is 13.9. The minimum absolute atomic E-state index is 0.271. The predicted octanol–water partition coefficient (Wildman–Crippen LogP) is 3.81. The van der Waals surface area contributed by atoms with E-state index in [-0.39, 0.29) is 19.0 Å². The Hall–Kier alpha value is -3.10. The van der Waals surface area contributed by atoms with Gasteiger partial charge in [0.1, 0.15) is 24.2 Å². The number of nitrogens with one attached hydrogen (secondary N) is 2. The summed E-state index contributed by atoms with van der Waals surface area (Å²) < 4.78 is 10.0. The zero-order chi connectivity index (χ0) is 27.6. The first-order chi connectivity index (χ1) is 16.7. The molecule has 3 amide bonds. The normalized spacial score (nSPS) is 12.9. The van der Waals surface area contributed by atoms with Crippen LogP contribution in [0, 0.1) is 19.8 Å².